The highest BCUT2D eigenvalue weighted by molar-refractivity contribution is 5.22. The van der Waals surface area contributed by atoms with E-state index in [2.05, 4.69) is 0 Å². The number of hydrogen-bond acceptors (Lipinski definition) is 1. The lowest BCUT2D eigenvalue weighted by Crippen LogP contribution is -2.15. The Morgan fingerprint density at radius 3 is 2.03 bits per heavy atom. The van der Waals surface area contributed by atoms with Gasteiger partial charge in [0.05, 0.1) is 0 Å². The van der Waals surface area contributed by atoms with Gasteiger partial charge in [-0.05, 0) is 98.8 Å². The second-order valence-electron chi connectivity index (χ2n) is 9.08. The van der Waals surface area contributed by atoms with Crippen molar-refractivity contribution in [3.05, 3.63) is 47.3 Å². The summed E-state index contributed by atoms with van der Waals surface area (Å²) in [5.41, 5.74) is 0.947. The number of benzene rings is 1. The van der Waals surface area contributed by atoms with Gasteiger partial charge >= 0.3 is 0 Å². The molecule has 0 saturated heterocycles. The normalized spacial score (nSPS) is 28.1. The summed E-state index contributed by atoms with van der Waals surface area (Å²) >= 11 is 0. The first kappa shape index (κ1) is 21.9. The van der Waals surface area contributed by atoms with E-state index in [-0.39, 0.29) is 5.92 Å². The third-order valence-corrected chi connectivity index (χ3v) is 7.12. The highest BCUT2D eigenvalue weighted by Gasteiger charge is 2.24. The second-order valence-corrected chi connectivity index (χ2v) is 9.08. The van der Waals surface area contributed by atoms with Crippen LogP contribution in [0.1, 0.15) is 88.5 Å². The maximum atomic E-state index is 13.5. The molecule has 0 atom stereocenters. The van der Waals surface area contributed by atoms with E-state index >= 15 is 0 Å². The Labute approximate surface area is 173 Å². The summed E-state index contributed by atoms with van der Waals surface area (Å²) in [6.45, 7) is 0. The largest absolute Gasteiger partial charge is 0.204 e. The van der Waals surface area contributed by atoms with Gasteiger partial charge in [-0.2, -0.15) is 9.65 Å². The molecule has 0 amide bonds. The second kappa shape index (κ2) is 10.9. The van der Waals surface area contributed by atoms with Gasteiger partial charge in [0.2, 0.25) is 0 Å². The summed E-state index contributed by atoms with van der Waals surface area (Å²) in [6, 6.07) is 5.94. The maximum Gasteiger partial charge on any atom is 0.196 e. The van der Waals surface area contributed by atoms with Crippen molar-refractivity contribution in [3.8, 4) is 6.07 Å². The van der Waals surface area contributed by atoms with Crippen LogP contribution in [0.5, 0.6) is 0 Å². The molecule has 2 aliphatic carbocycles. The average Bonchev–Trinajstić information content (AvgIpc) is 2.74. The Hall–Kier alpha value is -1.76. The lowest BCUT2D eigenvalue weighted by molar-refractivity contribution is 0.272. The van der Waals surface area contributed by atoms with Crippen molar-refractivity contribution in [2.24, 2.45) is 17.8 Å². The molecule has 0 N–H and O–H groups in total. The predicted molar refractivity (Wildman–Crippen MR) is 110 cm³/mol. The quantitative estimate of drug-likeness (QED) is 0.334. The van der Waals surface area contributed by atoms with E-state index in [9.17, 15) is 13.2 Å². The number of hydrogen-bond donors (Lipinski definition) is 0. The Morgan fingerprint density at radius 1 is 0.897 bits per heavy atom. The summed E-state index contributed by atoms with van der Waals surface area (Å²) in [7, 11) is 0. The molecular weight excluding hydrogens is 371 g/mol. The molecule has 0 unspecified atom stereocenters. The van der Waals surface area contributed by atoms with Crippen molar-refractivity contribution in [2.45, 2.75) is 83.0 Å². The van der Waals surface area contributed by atoms with Crippen LogP contribution in [0, 0.1) is 40.7 Å². The van der Waals surface area contributed by atoms with Gasteiger partial charge in [-0.15, -0.1) is 0 Å². The topological polar surface area (TPSA) is 23.8 Å². The van der Waals surface area contributed by atoms with Gasteiger partial charge in [0.15, 0.2) is 17.5 Å². The molecule has 0 heterocycles. The zero-order chi connectivity index (χ0) is 20.6. The van der Waals surface area contributed by atoms with Crippen LogP contribution in [-0.4, -0.2) is 0 Å². The molecule has 1 aromatic carbocycles. The smallest absolute Gasteiger partial charge is 0.196 e. The van der Waals surface area contributed by atoms with Crippen LogP contribution in [-0.2, 0) is 0 Å². The van der Waals surface area contributed by atoms with Crippen LogP contribution in [0.4, 0.5) is 13.2 Å². The third-order valence-electron chi connectivity index (χ3n) is 7.12. The van der Waals surface area contributed by atoms with Crippen LogP contribution < -0.4 is 0 Å². The lowest BCUT2D eigenvalue weighted by atomic mass is 9.76. The van der Waals surface area contributed by atoms with Gasteiger partial charge in [0, 0.05) is 0 Å². The maximum absolute atomic E-state index is 13.5. The molecule has 0 bridgehead atoms. The number of nitrogens with zero attached hydrogens (tertiary/aromatic N) is 1. The minimum absolute atomic E-state index is 0.246. The summed E-state index contributed by atoms with van der Waals surface area (Å²) < 4.78 is 39.6. The molecule has 2 fully saturated rings. The van der Waals surface area contributed by atoms with Gasteiger partial charge < -0.3 is 0 Å². The zero-order valence-corrected chi connectivity index (χ0v) is 17.2. The van der Waals surface area contributed by atoms with Gasteiger partial charge in [-0.1, -0.05) is 31.7 Å². The minimum atomic E-state index is -0.762. The van der Waals surface area contributed by atoms with E-state index in [1.54, 1.807) is 12.1 Å². The molecule has 2 aliphatic rings. The van der Waals surface area contributed by atoms with Crippen LogP contribution in [0.3, 0.4) is 0 Å². The molecule has 2 saturated carbocycles. The molecule has 3 rings (SSSR count). The molecular formula is C25H32F3N. The van der Waals surface area contributed by atoms with Crippen LogP contribution in [0.2, 0.25) is 0 Å². The summed E-state index contributed by atoms with van der Waals surface area (Å²) in [6.07, 6.45) is 15.4. The van der Waals surface area contributed by atoms with Crippen LogP contribution in [0.15, 0.2) is 30.1 Å². The number of rotatable bonds is 7. The van der Waals surface area contributed by atoms with E-state index in [0.29, 0.717) is 5.92 Å². The Bertz CT molecular complexity index is 720. The fourth-order valence-electron chi connectivity index (χ4n) is 5.30. The summed E-state index contributed by atoms with van der Waals surface area (Å²) in [5.74, 6) is 0.0201. The van der Waals surface area contributed by atoms with Crippen molar-refractivity contribution in [2.75, 3.05) is 0 Å². The van der Waals surface area contributed by atoms with Crippen LogP contribution in [0.25, 0.3) is 0 Å². The standard InChI is InChI=1S/C25H32F3N/c26-23(17-29)15-20-7-5-18(6-8-20)3-1-2-4-19-9-11-21(12-10-19)22-13-14-24(27)25(28)16-22/h13-16,18-21H,1-12H2/t18-,19-,20-,21-. The van der Waals surface area contributed by atoms with E-state index in [0.717, 1.165) is 55.9 Å². The molecule has 4 heteroatoms. The fourth-order valence-corrected chi connectivity index (χ4v) is 5.30. The van der Waals surface area contributed by atoms with Gasteiger partial charge in [-0.3, -0.25) is 0 Å². The highest BCUT2D eigenvalue weighted by atomic mass is 19.2. The Kier molecular flexibility index (Phi) is 8.21. The first-order valence-corrected chi connectivity index (χ1v) is 11.3. The first-order chi connectivity index (χ1) is 14.0. The first-order valence-electron chi connectivity index (χ1n) is 11.3. The van der Waals surface area contributed by atoms with Crippen LogP contribution >= 0.6 is 0 Å². The SMILES string of the molecule is N#CC(F)=C[C@H]1CC[C@H](CCCC[C@H]2CC[C@H](c3ccc(F)c(F)c3)CC2)CC1. The molecule has 0 spiro atoms. The number of halogens is 3. The molecule has 0 aliphatic heterocycles. The molecule has 1 nitrogen and oxygen atoms in total. The van der Waals surface area contributed by atoms with Crippen molar-refractivity contribution < 1.29 is 13.2 Å². The number of nitriles is 1. The Morgan fingerprint density at radius 2 is 1.48 bits per heavy atom. The third kappa shape index (κ3) is 6.63. The predicted octanol–water partition coefficient (Wildman–Crippen LogP) is 7.98. The molecule has 0 aromatic heterocycles. The van der Waals surface area contributed by atoms with Crippen molar-refractivity contribution >= 4 is 0 Å². The molecule has 158 valence electrons. The highest BCUT2D eigenvalue weighted by Crippen LogP contribution is 2.39. The minimum Gasteiger partial charge on any atom is -0.204 e. The number of allylic oxidation sites excluding steroid dienone is 2. The van der Waals surface area contributed by atoms with Crippen molar-refractivity contribution in [1.29, 1.82) is 5.26 Å². The monoisotopic (exact) mass is 403 g/mol. The van der Waals surface area contributed by atoms with E-state index in [1.807, 2.05) is 0 Å². The van der Waals surface area contributed by atoms with Gasteiger partial charge in [0.1, 0.15) is 6.07 Å². The fraction of sp³-hybridized carbons (Fsp3) is 0.640. The molecule has 29 heavy (non-hydrogen) atoms. The van der Waals surface area contributed by atoms with E-state index in [1.165, 1.54) is 56.7 Å². The van der Waals surface area contributed by atoms with E-state index in [4.69, 9.17) is 5.26 Å². The molecule has 1 aromatic rings. The van der Waals surface area contributed by atoms with Crippen molar-refractivity contribution in [1.82, 2.24) is 0 Å². The van der Waals surface area contributed by atoms with Crippen molar-refractivity contribution in [3.63, 3.8) is 0 Å². The van der Waals surface area contributed by atoms with Gasteiger partial charge in [-0.25, -0.2) is 8.78 Å². The molecule has 0 radical (unpaired) electrons. The lowest BCUT2D eigenvalue weighted by Gasteiger charge is -2.29. The Balaban J connectivity index is 1.29. The van der Waals surface area contributed by atoms with E-state index < -0.39 is 17.5 Å². The zero-order valence-electron chi connectivity index (χ0n) is 17.2. The number of unbranched alkanes of at least 4 members (excludes halogenated alkanes) is 1. The summed E-state index contributed by atoms with van der Waals surface area (Å²) in [4.78, 5) is 0. The average molecular weight is 404 g/mol. The summed E-state index contributed by atoms with van der Waals surface area (Å²) in [5, 5.41) is 8.54. The van der Waals surface area contributed by atoms with Gasteiger partial charge in [0.25, 0.3) is 0 Å².